The maximum absolute atomic E-state index is 13.2. The molecular weight excluding hydrogens is 317 g/mol. The second-order valence-electron chi connectivity index (χ2n) is 7.76. The van der Waals surface area contributed by atoms with Crippen molar-refractivity contribution in [2.75, 3.05) is 33.7 Å². The van der Waals surface area contributed by atoms with E-state index in [-0.39, 0.29) is 17.3 Å². The van der Waals surface area contributed by atoms with Crippen LogP contribution in [-0.4, -0.2) is 55.0 Å². The molecule has 0 radical (unpaired) electrons. The molecule has 0 unspecified atom stereocenters. The highest BCUT2D eigenvalue weighted by atomic mass is 19.1. The van der Waals surface area contributed by atoms with E-state index in [1.165, 1.54) is 50.7 Å². The Labute approximate surface area is 150 Å². The number of hydrogen-bond acceptors (Lipinski definition) is 3. The molecule has 25 heavy (non-hydrogen) atoms. The Hall–Kier alpha value is -1.46. The van der Waals surface area contributed by atoms with Crippen molar-refractivity contribution < 1.29 is 9.18 Å². The first-order chi connectivity index (χ1) is 12.0. The van der Waals surface area contributed by atoms with E-state index in [0.717, 1.165) is 25.2 Å². The monoisotopic (exact) mass is 347 g/mol. The number of hydrogen-bond donors (Lipinski definition) is 1. The van der Waals surface area contributed by atoms with Gasteiger partial charge in [0, 0.05) is 12.1 Å². The molecule has 5 heteroatoms. The van der Waals surface area contributed by atoms with Crippen molar-refractivity contribution in [3.8, 4) is 0 Å². The van der Waals surface area contributed by atoms with Crippen molar-refractivity contribution in [3.05, 3.63) is 35.6 Å². The second kappa shape index (κ2) is 7.83. The van der Waals surface area contributed by atoms with Gasteiger partial charge in [-0.15, -0.1) is 0 Å². The highest BCUT2D eigenvalue weighted by Gasteiger charge is 2.41. The molecule has 0 spiro atoms. The Balaban J connectivity index is 1.69. The lowest BCUT2D eigenvalue weighted by Crippen LogP contribution is -2.54. The number of nitrogens with one attached hydrogen (secondary N) is 1. The van der Waals surface area contributed by atoms with Crippen LogP contribution in [0.25, 0.3) is 0 Å². The number of carbonyl (C=O) groups excluding carboxylic acids is 1. The summed E-state index contributed by atoms with van der Waals surface area (Å²) in [6, 6.07) is 5.85. The summed E-state index contributed by atoms with van der Waals surface area (Å²) in [5.41, 5.74) is 0.969. The number of likely N-dealkylation sites (tertiary alicyclic amines) is 1. The first-order valence-electron chi connectivity index (χ1n) is 9.46. The molecule has 1 saturated carbocycles. The van der Waals surface area contributed by atoms with Crippen LogP contribution in [0.1, 0.15) is 50.1 Å². The van der Waals surface area contributed by atoms with Crippen LogP contribution in [-0.2, 0) is 4.79 Å². The first-order valence-corrected chi connectivity index (χ1v) is 9.46. The minimum absolute atomic E-state index is 0.00193. The van der Waals surface area contributed by atoms with Crippen LogP contribution >= 0.6 is 0 Å². The molecular formula is C20H30FN3O. The minimum Gasteiger partial charge on any atom is -0.353 e. The van der Waals surface area contributed by atoms with Gasteiger partial charge in [-0.25, -0.2) is 4.39 Å². The molecule has 3 rings (SSSR count). The van der Waals surface area contributed by atoms with Gasteiger partial charge in [-0.2, -0.15) is 0 Å². The number of halogens is 1. The molecule has 1 amide bonds. The standard InChI is InChI=1S/C20H30FN3O/c1-23(2)18(16-7-9-17(21)10-8-16)19(25)22-15-20(11-3-4-12-20)24-13-5-6-14-24/h7-10,18H,3-6,11-15H2,1-2H3,(H,22,25)/t18-/m0/s1. The van der Waals surface area contributed by atoms with Gasteiger partial charge >= 0.3 is 0 Å². The lowest BCUT2D eigenvalue weighted by Gasteiger charge is -2.39. The fourth-order valence-electron chi connectivity index (χ4n) is 4.51. The third kappa shape index (κ3) is 4.04. The van der Waals surface area contributed by atoms with Crippen molar-refractivity contribution >= 4 is 5.91 Å². The van der Waals surface area contributed by atoms with Crippen LogP contribution in [0, 0.1) is 5.82 Å². The molecule has 1 heterocycles. The summed E-state index contributed by atoms with van der Waals surface area (Å²) >= 11 is 0. The number of likely N-dealkylation sites (N-methyl/N-ethyl adjacent to an activating group) is 1. The first kappa shape index (κ1) is 18.3. The van der Waals surface area contributed by atoms with Crippen LogP contribution in [0.3, 0.4) is 0 Å². The van der Waals surface area contributed by atoms with Gasteiger partial charge in [0.1, 0.15) is 11.9 Å². The van der Waals surface area contributed by atoms with Gasteiger partial charge < -0.3 is 5.32 Å². The molecule has 2 fully saturated rings. The smallest absolute Gasteiger partial charge is 0.242 e. The summed E-state index contributed by atoms with van der Waals surface area (Å²) in [5.74, 6) is -0.275. The van der Waals surface area contributed by atoms with E-state index in [1.807, 2.05) is 19.0 Å². The van der Waals surface area contributed by atoms with E-state index in [1.54, 1.807) is 12.1 Å². The molecule has 1 aromatic rings. The van der Waals surface area contributed by atoms with Gasteiger partial charge in [0.15, 0.2) is 0 Å². The van der Waals surface area contributed by atoms with Gasteiger partial charge in [-0.3, -0.25) is 14.6 Å². The third-order valence-corrected chi connectivity index (χ3v) is 5.85. The molecule has 1 aliphatic carbocycles. The molecule has 1 saturated heterocycles. The molecule has 2 aliphatic rings. The third-order valence-electron chi connectivity index (χ3n) is 5.85. The van der Waals surface area contributed by atoms with Crippen LogP contribution in [0.15, 0.2) is 24.3 Å². The lowest BCUT2D eigenvalue weighted by molar-refractivity contribution is -0.126. The van der Waals surface area contributed by atoms with E-state index in [9.17, 15) is 9.18 Å². The van der Waals surface area contributed by atoms with Crippen LogP contribution in [0.2, 0.25) is 0 Å². The zero-order valence-corrected chi connectivity index (χ0v) is 15.4. The lowest BCUT2D eigenvalue weighted by atomic mass is 9.94. The van der Waals surface area contributed by atoms with E-state index in [2.05, 4.69) is 10.2 Å². The molecule has 1 atom stereocenters. The summed E-state index contributed by atoms with van der Waals surface area (Å²) in [6.45, 7) is 3.03. The Morgan fingerprint density at radius 3 is 2.32 bits per heavy atom. The summed E-state index contributed by atoms with van der Waals surface area (Å²) in [5, 5.41) is 3.22. The number of amides is 1. The van der Waals surface area contributed by atoms with Gasteiger partial charge in [-0.05, 0) is 70.6 Å². The normalized spacial score (nSPS) is 21.6. The molecule has 0 aromatic heterocycles. The number of benzene rings is 1. The largest absolute Gasteiger partial charge is 0.353 e. The quantitative estimate of drug-likeness (QED) is 0.859. The summed E-state index contributed by atoms with van der Waals surface area (Å²) in [6.07, 6.45) is 7.40. The van der Waals surface area contributed by atoms with E-state index in [0.29, 0.717) is 0 Å². The van der Waals surface area contributed by atoms with Crippen molar-refractivity contribution in [2.45, 2.75) is 50.1 Å². The van der Waals surface area contributed by atoms with Crippen LogP contribution < -0.4 is 5.32 Å². The van der Waals surface area contributed by atoms with Crippen LogP contribution in [0.4, 0.5) is 4.39 Å². The molecule has 138 valence electrons. The Bertz CT molecular complexity index is 575. The van der Waals surface area contributed by atoms with E-state index >= 15 is 0 Å². The van der Waals surface area contributed by atoms with Crippen molar-refractivity contribution in [1.29, 1.82) is 0 Å². The number of carbonyl (C=O) groups is 1. The molecule has 1 aromatic carbocycles. The zero-order chi connectivity index (χ0) is 17.9. The minimum atomic E-state index is -0.391. The number of nitrogens with zero attached hydrogens (tertiary/aromatic N) is 2. The average Bonchev–Trinajstić information content (AvgIpc) is 3.27. The predicted molar refractivity (Wildman–Crippen MR) is 97.8 cm³/mol. The summed E-state index contributed by atoms with van der Waals surface area (Å²) in [4.78, 5) is 17.4. The Morgan fingerprint density at radius 2 is 1.76 bits per heavy atom. The highest BCUT2D eigenvalue weighted by Crippen LogP contribution is 2.37. The Morgan fingerprint density at radius 1 is 1.16 bits per heavy atom. The zero-order valence-electron chi connectivity index (χ0n) is 15.4. The van der Waals surface area contributed by atoms with Crippen molar-refractivity contribution in [1.82, 2.24) is 15.1 Å². The fraction of sp³-hybridized carbons (Fsp3) is 0.650. The number of rotatable bonds is 6. The van der Waals surface area contributed by atoms with Crippen molar-refractivity contribution in [2.24, 2.45) is 0 Å². The molecule has 4 nitrogen and oxygen atoms in total. The summed E-state index contributed by atoms with van der Waals surface area (Å²) < 4.78 is 13.2. The molecule has 1 aliphatic heterocycles. The summed E-state index contributed by atoms with van der Waals surface area (Å²) in [7, 11) is 3.78. The Kier molecular flexibility index (Phi) is 5.74. The SMILES string of the molecule is CN(C)[C@H](C(=O)NCC1(N2CCCC2)CCCC1)c1ccc(F)cc1. The van der Waals surface area contributed by atoms with Gasteiger partial charge in [0.05, 0.1) is 0 Å². The molecule has 0 bridgehead atoms. The maximum atomic E-state index is 13.2. The maximum Gasteiger partial charge on any atom is 0.242 e. The van der Waals surface area contributed by atoms with Crippen molar-refractivity contribution in [3.63, 3.8) is 0 Å². The van der Waals surface area contributed by atoms with Gasteiger partial charge in [0.2, 0.25) is 5.91 Å². The second-order valence-corrected chi connectivity index (χ2v) is 7.76. The van der Waals surface area contributed by atoms with E-state index in [4.69, 9.17) is 0 Å². The van der Waals surface area contributed by atoms with Crippen LogP contribution in [0.5, 0.6) is 0 Å². The van der Waals surface area contributed by atoms with Gasteiger partial charge in [-0.1, -0.05) is 25.0 Å². The topological polar surface area (TPSA) is 35.6 Å². The van der Waals surface area contributed by atoms with E-state index < -0.39 is 6.04 Å². The highest BCUT2D eigenvalue weighted by molar-refractivity contribution is 5.83. The van der Waals surface area contributed by atoms with Gasteiger partial charge in [0.25, 0.3) is 0 Å². The predicted octanol–water partition coefficient (Wildman–Crippen LogP) is 2.95. The molecule has 1 N–H and O–H groups in total. The average molecular weight is 347 g/mol. The fourth-order valence-corrected chi connectivity index (χ4v) is 4.51.